The fourth-order valence-electron chi connectivity index (χ4n) is 3.76. The van der Waals surface area contributed by atoms with Crippen molar-refractivity contribution >= 4 is 0 Å². The van der Waals surface area contributed by atoms with Crippen molar-refractivity contribution in [2.75, 3.05) is 19.8 Å². The molecule has 1 N–H and O–H groups in total. The Labute approximate surface area is 130 Å². The first-order valence-corrected chi connectivity index (χ1v) is 8.70. The number of benzene rings is 1. The summed E-state index contributed by atoms with van der Waals surface area (Å²) in [6, 6.07) is 11.7. The SMILES string of the molecule is CCCCCC(NCC)C1(c2ccccc2)CCOCC1. The van der Waals surface area contributed by atoms with E-state index in [9.17, 15) is 0 Å². The summed E-state index contributed by atoms with van der Waals surface area (Å²) < 4.78 is 5.67. The highest BCUT2D eigenvalue weighted by molar-refractivity contribution is 5.28. The number of likely N-dealkylation sites (N-methyl/N-ethyl adjacent to an activating group) is 1. The maximum Gasteiger partial charge on any atom is 0.0475 e. The largest absolute Gasteiger partial charge is 0.381 e. The van der Waals surface area contributed by atoms with E-state index in [1.165, 1.54) is 31.2 Å². The molecule has 21 heavy (non-hydrogen) atoms. The predicted molar refractivity (Wildman–Crippen MR) is 89.8 cm³/mol. The van der Waals surface area contributed by atoms with Crippen LogP contribution in [0.1, 0.15) is 57.9 Å². The Morgan fingerprint density at radius 3 is 2.43 bits per heavy atom. The summed E-state index contributed by atoms with van der Waals surface area (Å²) in [5.41, 5.74) is 1.75. The standard InChI is InChI=1S/C19H31NO/c1-3-5-7-12-18(20-4-2)19(13-15-21-16-14-19)17-10-8-6-9-11-17/h6,8-11,18,20H,3-5,7,12-16H2,1-2H3. The Morgan fingerprint density at radius 1 is 1.10 bits per heavy atom. The lowest BCUT2D eigenvalue weighted by Gasteiger charge is -2.44. The fourth-order valence-corrected chi connectivity index (χ4v) is 3.76. The molecule has 2 heteroatoms. The van der Waals surface area contributed by atoms with Crippen LogP contribution < -0.4 is 5.32 Å². The molecule has 1 aliphatic rings. The zero-order valence-electron chi connectivity index (χ0n) is 13.7. The Hall–Kier alpha value is -0.860. The molecule has 1 aromatic rings. The monoisotopic (exact) mass is 289 g/mol. The van der Waals surface area contributed by atoms with Crippen molar-refractivity contribution in [1.29, 1.82) is 0 Å². The van der Waals surface area contributed by atoms with Gasteiger partial charge in [-0.25, -0.2) is 0 Å². The first kappa shape index (κ1) is 16.5. The lowest BCUT2D eigenvalue weighted by atomic mass is 9.67. The van der Waals surface area contributed by atoms with Gasteiger partial charge in [0.1, 0.15) is 0 Å². The fraction of sp³-hybridized carbons (Fsp3) is 0.684. The van der Waals surface area contributed by atoms with Crippen LogP contribution in [0.3, 0.4) is 0 Å². The van der Waals surface area contributed by atoms with Crippen LogP contribution in [0.5, 0.6) is 0 Å². The molecule has 0 aliphatic carbocycles. The van der Waals surface area contributed by atoms with E-state index in [0.29, 0.717) is 6.04 Å². The van der Waals surface area contributed by atoms with Crippen LogP contribution in [0, 0.1) is 0 Å². The first-order chi connectivity index (χ1) is 10.3. The van der Waals surface area contributed by atoms with Crippen molar-refractivity contribution in [2.45, 2.75) is 63.8 Å². The number of ether oxygens (including phenoxy) is 1. The van der Waals surface area contributed by atoms with E-state index < -0.39 is 0 Å². The van der Waals surface area contributed by atoms with E-state index in [1.54, 1.807) is 0 Å². The highest BCUT2D eigenvalue weighted by atomic mass is 16.5. The number of unbranched alkanes of at least 4 members (excludes halogenated alkanes) is 2. The van der Waals surface area contributed by atoms with Gasteiger partial charge in [-0.05, 0) is 31.4 Å². The van der Waals surface area contributed by atoms with Gasteiger partial charge < -0.3 is 10.1 Å². The minimum atomic E-state index is 0.253. The summed E-state index contributed by atoms with van der Waals surface area (Å²) in [5.74, 6) is 0. The molecule has 1 aliphatic heterocycles. The van der Waals surface area contributed by atoms with Gasteiger partial charge in [-0.1, -0.05) is 63.4 Å². The van der Waals surface area contributed by atoms with Gasteiger partial charge in [0, 0.05) is 24.7 Å². The second kappa shape index (κ2) is 8.55. The molecule has 2 nitrogen and oxygen atoms in total. The second-order valence-corrected chi connectivity index (χ2v) is 6.24. The van der Waals surface area contributed by atoms with Gasteiger partial charge in [0.25, 0.3) is 0 Å². The Bertz CT molecular complexity index is 384. The average Bonchev–Trinajstić information content (AvgIpc) is 2.56. The maximum atomic E-state index is 5.67. The molecule has 0 aromatic heterocycles. The summed E-state index contributed by atoms with van der Waals surface area (Å²) in [5, 5.41) is 3.79. The van der Waals surface area contributed by atoms with E-state index in [4.69, 9.17) is 4.74 Å². The van der Waals surface area contributed by atoms with Crippen LogP contribution >= 0.6 is 0 Å². The summed E-state index contributed by atoms with van der Waals surface area (Å²) >= 11 is 0. The molecule has 1 aromatic carbocycles. The lowest BCUT2D eigenvalue weighted by Crippen LogP contribution is -2.51. The molecular formula is C19H31NO. The van der Waals surface area contributed by atoms with E-state index in [0.717, 1.165) is 32.6 Å². The third-order valence-electron chi connectivity index (χ3n) is 4.95. The van der Waals surface area contributed by atoms with E-state index >= 15 is 0 Å². The smallest absolute Gasteiger partial charge is 0.0475 e. The Morgan fingerprint density at radius 2 is 1.81 bits per heavy atom. The molecule has 1 unspecified atom stereocenters. The van der Waals surface area contributed by atoms with Crippen LogP contribution in [-0.4, -0.2) is 25.8 Å². The van der Waals surface area contributed by atoms with Crippen molar-refractivity contribution in [2.24, 2.45) is 0 Å². The minimum absolute atomic E-state index is 0.253. The first-order valence-electron chi connectivity index (χ1n) is 8.70. The highest BCUT2D eigenvalue weighted by Crippen LogP contribution is 2.39. The van der Waals surface area contributed by atoms with Gasteiger partial charge in [-0.2, -0.15) is 0 Å². The normalized spacial score (nSPS) is 19.3. The molecule has 0 amide bonds. The van der Waals surface area contributed by atoms with Crippen molar-refractivity contribution in [3.63, 3.8) is 0 Å². The van der Waals surface area contributed by atoms with Gasteiger partial charge in [0.2, 0.25) is 0 Å². The molecular weight excluding hydrogens is 258 g/mol. The number of hydrogen-bond acceptors (Lipinski definition) is 2. The molecule has 1 saturated heterocycles. The zero-order valence-corrected chi connectivity index (χ0v) is 13.7. The summed E-state index contributed by atoms with van der Waals surface area (Å²) in [4.78, 5) is 0. The number of rotatable bonds is 8. The second-order valence-electron chi connectivity index (χ2n) is 6.24. The van der Waals surface area contributed by atoms with Crippen molar-refractivity contribution in [3.05, 3.63) is 35.9 Å². The quantitative estimate of drug-likeness (QED) is 0.721. The molecule has 2 rings (SSSR count). The topological polar surface area (TPSA) is 21.3 Å². The molecule has 1 fully saturated rings. The minimum Gasteiger partial charge on any atom is -0.381 e. The number of nitrogens with one attached hydrogen (secondary N) is 1. The highest BCUT2D eigenvalue weighted by Gasteiger charge is 2.40. The lowest BCUT2D eigenvalue weighted by molar-refractivity contribution is 0.0328. The van der Waals surface area contributed by atoms with Crippen LogP contribution in [0.4, 0.5) is 0 Å². The summed E-state index contributed by atoms with van der Waals surface area (Å²) in [6.07, 6.45) is 7.51. The van der Waals surface area contributed by atoms with E-state index in [-0.39, 0.29) is 5.41 Å². The molecule has 0 spiro atoms. The van der Waals surface area contributed by atoms with Gasteiger partial charge in [0.15, 0.2) is 0 Å². The van der Waals surface area contributed by atoms with Crippen molar-refractivity contribution in [1.82, 2.24) is 5.32 Å². The summed E-state index contributed by atoms with van der Waals surface area (Å²) in [6.45, 7) is 7.34. The van der Waals surface area contributed by atoms with Crippen molar-refractivity contribution < 1.29 is 4.74 Å². The average molecular weight is 289 g/mol. The maximum absolute atomic E-state index is 5.67. The number of hydrogen-bond donors (Lipinski definition) is 1. The van der Waals surface area contributed by atoms with Gasteiger partial charge in [-0.15, -0.1) is 0 Å². The van der Waals surface area contributed by atoms with Crippen LogP contribution in [0.2, 0.25) is 0 Å². The van der Waals surface area contributed by atoms with Gasteiger partial charge >= 0.3 is 0 Å². The van der Waals surface area contributed by atoms with Crippen LogP contribution in [0.25, 0.3) is 0 Å². The molecule has 1 atom stereocenters. The van der Waals surface area contributed by atoms with E-state index in [1.807, 2.05) is 0 Å². The van der Waals surface area contributed by atoms with Crippen molar-refractivity contribution in [3.8, 4) is 0 Å². The van der Waals surface area contributed by atoms with Gasteiger partial charge in [-0.3, -0.25) is 0 Å². The van der Waals surface area contributed by atoms with Crippen LogP contribution in [0.15, 0.2) is 30.3 Å². The molecule has 1 heterocycles. The third-order valence-corrected chi connectivity index (χ3v) is 4.95. The molecule has 0 radical (unpaired) electrons. The predicted octanol–water partition coefficient (Wildman–Crippen LogP) is 4.29. The van der Waals surface area contributed by atoms with E-state index in [2.05, 4.69) is 49.5 Å². The Kier molecular flexibility index (Phi) is 6.72. The molecule has 118 valence electrons. The van der Waals surface area contributed by atoms with Crippen LogP contribution in [-0.2, 0) is 10.2 Å². The molecule has 0 saturated carbocycles. The van der Waals surface area contributed by atoms with Gasteiger partial charge in [0.05, 0.1) is 0 Å². The zero-order chi connectivity index (χ0) is 15.0. The summed E-state index contributed by atoms with van der Waals surface area (Å²) in [7, 11) is 0. The Balaban J connectivity index is 2.23. The third kappa shape index (κ3) is 4.08. The molecule has 0 bridgehead atoms.